The summed E-state index contributed by atoms with van der Waals surface area (Å²) in [6.45, 7) is 3.94. The Morgan fingerprint density at radius 1 is 1.22 bits per heavy atom. The lowest BCUT2D eigenvalue weighted by atomic mass is 10.1. The van der Waals surface area contributed by atoms with E-state index in [9.17, 15) is 22.8 Å². The number of carbonyl (C=O) groups is 2. The van der Waals surface area contributed by atoms with Crippen LogP contribution >= 0.6 is 0 Å². The molecule has 0 bridgehead atoms. The number of hydrogen-bond acceptors (Lipinski definition) is 3. The minimum atomic E-state index is -4.40. The van der Waals surface area contributed by atoms with E-state index < -0.39 is 30.2 Å². The Morgan fingerprint density at radius 3 is 2.35 bits per heavy atom. The van der Waals surface area contributed by atoms with Crippen LogP contribution in [0.5, 0.6) is 0 Å². The second kappa shape index (κ2) is 8.36. The third kappa shape index (κ3) is 7.49. The van der Waals surface area contributed by atoms with Gasteiger partial charge in [0.2, 0.25) is 0 Å². The van der Waals surface area contributed by atoms with E-state index in [1.54, 1.807) is 0 Å². The van der Waals surface area contributed by atoms with Crippen LogP contribution in [-0.2, 0) is 20.5 Å². The van der Waals surface area contributed by atoms with Crippen LogP contribution in [0.15, 0.2) is 30.3 Å². The highest BCUT2D eigenvalue weighted by Crippen LogP contribution is 2.29. The fourth-order valence-electron chi connectivity index (χ4n) is 1.50. The van der Waals surface area contributed by atoms with Crippen LogP contribution in [-0.4, -0.2) is 25.0 Å². The molecular weight excluding hydrogens is 311 g/mol. The van der Waals surface area contributed by atoms with Gasteiger partial charge in [-0.15, -0.1) is 0 Å². The van der Waals surface area contributed by atoms with Crippen molar-refractivity contribution in [2.45, 2.75) is 20.0 Å². The maximum atomic E-state index is 12.4. The first-order valence-corrected chi connectivity index (χ1v) is 6.97. The molecule has 1 amide bonds. The Hall–Kier alpha value is -2.31. The Kier molecular flexibility index (Phi) is 6.81. The van der Waals surface area contributed by atoms with Gasteiger partial charge in [-0.2, -0.15) is 13.2 Å². The molecule has 7 heteroatoms. The van der Waals surface area contributed by atoms with E-state index in [1.807, 2.05) is 13.8 Å². The predicted octanol–water partition coefficient (Wildman–Crippen LogP) is 3.03. The quantitative estimate of drug-likeness (QED) is 0.645. The minimum absolute atomic E-state index is 0.286. The zero-order chi connectivity index (χ0) is 17.5. The smallest absolute Gasteiger partial charge is 0.416 e. The van der Waals surface area contributed by atoms with Crippen LogP contribution in [0, 0.1) is 5.92 Å². The predicted molar refractivity (Wildman–Crippen MR) is 79.3 cm³/mol. The average molecular weight is 329 g/mol. The van der Waals surface area contributed by atoms with Crippen molar-refractivity contribution in [3.05, 3.63) is 41.5 Å². The highest BCUT2D eigenvalue weighted by molar-refractivity contribution is 5.89. The number of nitrogens with one attached hydrogen (secondary N) is 1. The molecule has 23 heavy (non-hydrogen) atoms. The molecule has 0 aliphatic rings. The first-order valence-electron chi connectivity index (χ1n) is 6.97. The van der Waals surface area contributed by atoms with Crippen molar-refractivity contribution in [3.63, 3.8) is 0 Å². The van der Waals surface area contributed by atoms with Crippen molar-refractivity contribution >= 4 is 18.0 Å². The monoisotopic (exact) mass is 329 g/mol. The molecule has 0 aromatic heterocycles. The second-order valence-electron chi connectivity index (χ2n) is 5.26. The number of esters is 1. The van der Waals surface area contributed by atoms with Crippen molar-refractivity contribution in [2.24, 2.45) is 5.92 Å². The van der Waals surface area contributed by atoms with Crippen molar-refractivity contribution in [1.82, 2.24) is 5.32 Å². The van der Waals surface area contributed by atoms with Gasteiger partial charge in [-0.3, -0.25) is 4.79 Å². The van der Waals surface area contributed by atoms with Gasteiger partial charge in [0.25, 0.3) is 5.91 Å². The van der Waals surface area contributed by atoms with Gasteiger partial charge in [-0.25, -0.2) is 4.79 Å². The van der Waals surface area contributed by atoms with Crippen LogP contribution in [0.4, 0.5) is 13.2 Å². The van der Waals surface area contributed by atoms with E-state index >= 15 is 0 Å². The third-order valence-corrected chi connectivity index (χ3v) is 2.70. The molecule has 1 N–H and O–H groups in total. The van der Waals surface area contributed by atoms with Crippen LogP contribution in [0.2, 0.25) is 0 Å². The number of benzene rings is 1. The van der Waals surface area contributed by atoms with E-state index in [1.165, 1.54) is 18.2 Å². The zero-order valence-corrected chi connectivity index (χ0v) is 12.8. The summed E-state index contributed by atoms with van der Waals surface area (Å²) >= 11 is 0. The SMILES string of the molecule is CC(C)CNC(=O)COC(=O)/C=C/c1ccc(C(F)(F)F)cc1. The topological polar surface area (TPSA) is 55.4 Å². The van der Waals surface area contributed by atoms with E-state index in [0.29, 0.717) is 12.1 Å². The summed E-state index contributed by atoms with van der Waals surface area (Å²) in [4.78, 5) is 22.8. The summed E-state index contributed by atoms with van der Waals surface area (Å²) in [5, 5.41) is 2.58. The molecule has 1 rings (SSSR count). The molecule has 4 nitrogen and oxygen atoms in total. The van der Waals surface area contributed by atoms with Gasteiger partial charge < -0.3 is 10.1 Å². The van der Waals surface area contributed by atoms with E-state index in [-0.39, 0.29) is 5.92 Å². The standard InChI is InChI=1S/C16H18F3NO3/c1-11(2)9-20-14(21)10-23-15(22)8-5-12-3-6-13(7-4-12)16(17,18)19/h3-8,11H,9-10H2,1-2H3,(H,20,21)/b8-5+. The number of halogens is 3. The summed E-state index contributed by atoms with van der Waals surface area (Å²) in [5.74, 6) is -0.867. The fraction of sp³-hybridized carbons (Fsp3) is 0.375. The van der Waals surface area contributed by atoms with Crippen molar-refractivity contribution in [2.75, 3.05) is 13.2 Å². The molecule has 0 aliphatic heterocycles. The maximum Gasteiger partial charge on any atom is 0.416 e. The molecular formula is C16H18F3NO3. The van der Waals surface area contributed by atoms with E-state index in [2.05, 4.69) is 5.32 Å². The number of amides is 1. The van der Waals surface area contributed by atoms with Gasteiger partial charge >= 0.3 is 12.1 Å². The molecule has 126 valence electrons. The fourth-order valence-corrected chi connectivity index (χ4v) is 1.50. The van der Waals surface area contributed by atoms with Crippen molar-refractivity contribution < 1.29 is 27.5 Å². The largest absolute Gasteiger partial charge is 0.452 e. The summed E-state index contributed by atoms with van der Waals surface area (Å²) in [7, 11) is 0. The Balaban J connectivity index is 2.45. The van der Waals surface area contributed by atoms with Gasteiger partial charge in [-0.05, 0) is 29.7 Å². The molecule has 0 aliphatic carbocycles. The molecule has 0 spiro atoms. The first-order chi connectivity index (χ1) is 10.7. The number of hydrogen-bond donors (Lipinski definition) is 1. The van der Waals surface area contributed by atoms with Gasteiger partial charge in [0.1, 0.15) is 0 Å². The highest BCUT2D eigenvalue weighted by atomic mass is 19.4. The molecule has 1 aromatic carbocycles. The molecule has 1 aromatic rings. The molecule has 0 unspecified atom stereocenters. The zero-order valence-electron chi connectivity index (χ0n) is 12.8. The van der Waals surface area contributed by atoms with E-state index in [4.69, 9.17) is 4.74 Å². The van der Waals surface area contributed by atoms with Crippen LogP contribution in [0.1, 0.15) is 25.0 Å². The average Bonchev–Trinajstić information content (AvgIpc) is 2.48. The van der Waals surface area contributed by atoms with Gasteiger partial charge in [-0.1, -0.05) is 26.0 Å². The number of rotatable bonds is 6. The number of carbonyl (C=O) groups excluding carboxylic acids is 2. The lowest BCUT2D eigenvalue weighted by Gasteiger charge is -2.07. The lowest BCUT2D eigenvalue weighted by Crippen LogP contribution is -2.31. The molecule has 0 saturated carbocycles. The van der Waals surface area contributed by atoms with Crippen LogP contribution < -0.4 is 5.32 Å². The highest BCUT2D eigenvalue weighted by Gasteiger charge is 2.29. The summed E-state index contributed by atoms with van der Waals surface area (Å²) < 4.78 is 41.9. The van der Waals surface area contributed by atoms with Gasteiger partial charge in [0.15, 0.2) is 6.61 Å². The Morgan fingerprint density at radius 2 is 1.83 bits per heavy atom. The minimum Gasteiger partial charge on any atom is -0.452 e. The number of ether oxygens (including phenoxy) is 1. The molecule has 0 fully saturated rings. The molecule has 0 radical (unpaired) electrons. The molecule has 0 saturated heterocycles. The third-order valence-electron chi connectivity index (χ3n) is 2.70. The van der Waals surface area contributed by atoms with Crippen LogP contribution in [0.25, 0.3) is 6.08 Å². The Bertz CT molecular complexity index is 563. The van der Waals surface area contributed by atoms with Crippen LogP contribution in [0.3, 0.4) is 0 Å². The maximum absolute atomic E-state index is 12.4. The summed E-state index contributed by atoms with van der Waals surface area (Å²) in [6.07, 6.45) is -2.03. The van der Waals surface area contributed by atoms with E-state index in [0.717, 1.165) is 18.2 Å². The second-order valence-corrected chi connectivity index (χ2v) is 5.26. The molecule has 0 atom stereocenters. The number of alkyl halides is 3. The summed E-state index contributed by atoms with van der Waals surface area (Å²) in [5.41, 5.74) is -0.349. The summed E-state index contributed by atoms with van der Waals surface area (Å²) in [6, 6.07) is 4.32. The van der Waals surface area contributed by atoms with Crippen molar-refractivity contribution in [1.29, 1.82) is 0 Å². The van der Waals surface area contributed by atoms with Crippen molar-refractivity contribution in [3.8, 4) is 0 Å². The molecule has 0 heterocycles. The lowest BCUT2D eigenvalue weighted by molar-refractivity contribution is -0.143. The first kappa shape index (κ1) is 18.7. The van der Waals surface area contributed by atoms with Gasteiger partial charge in [0.05, 0.1) is 5.56 Å². The normalized spacial score (nSPS) is 11.7. The van der Waals surface area contributed by atoms with Gasteiger partial charge in [0, 0.05) is 12.6 Å². The Labute approximate surface area is 132 Å².